The van der Waals surface area contributed by atoms with Crippen LogP contribution in [0.15, 0.2) is 33.9 Å². The third-order valence-corrected chi connectivity index (χ3v) is 11.2. The van der Waals surface area contributed by atoms with Crippen LogP contribution in [0.5, 0.6) is 0 Å². The molecule has 1 aromatic carbocycles. The number of anilines is 1. The molecule has 1 amide bonds. The second kappa shape index (κ2) is 8.98. The summed E-state index contributed by atoms with van der Waals surface area (Å²) in [4.78, 5) is 22.3. The molecule has 2 aliphatic heterocycles. The molecular weight excluding hydrogens is 476 g/mol. The first-order chi connectivity index (χ1) is 15.8. The van der Waals surface area contributed by atoms with Crippen molar-refractivity contribution in [1.82, 2.24) is 14.2 Å². The molecule has 0 atom stereocenters. The summed E-state index contributed by atoms with van der Waals surface area (Å²) < 4.78 is 28.6. The first kappa shape index (κ1) is 22.8. The van der Waals surface area contributed by atoms with E-state index in [1.165, 1.54) is 31.5 Å². The summed E-state index contributed by atoms with van der Waals surface area (Å²) in [6.07, 6.45) is 1.17. The predicted molar refractivity (Wildman–Crippen MR) is 134 cm³/mol. The number of aryl methyl sites for hydroxylation is 2. The van der Waals surface area contributed by atoms with Gasteiger partial charge in [-0.3, -0.25) is 4.79 Å². The Hall–Kier alpha value is -2.01. The van der Waals surface area contributed by atoms with Crippen molar-refractivity contribution in [3.05, 3.63) is 40.8 Å². The van der Waals surface area contributed by atoms with Crippen LogP contribution in [-0.4, -0.2) is 67.8 Å². The summed E-state index contributed by atoms with van der Waals surface area (Å²) >= 11 is 2.96. The fourth-order valence-electron chi connectivity index (χ4n) is 4.61. The Morgan fingerprint density at radius 2 is 1.76 bits per heavy atom. The molecule has 0 bridgehead atoms. The van der Waals surface area contributed by atoms with Gasteiger partial charge in [0.2, 0.25) is 5.91 Å². The fourth-order valence-corrected chi connectivity index (χ4v) is 8.30. The van der Waals surface area contributed by atoms with E-state index in [1.807, 2.05) is 4.90 Å². The Balaban J connectivity index is 1.17. The largest absolute Gasteiger partial charge is 0.345 e. The zero-order chi connectivity index (χ0) is 23.2. The molecule has 33 heavy (non-hydrogen) atoms. The Bertz CT molecular complexity index is 1250. The van der Waals surface area contributed by atoms with Crippen molar-refractivity contribution in [3.8, 4) is 0 Å². The van der Waals surface area contributed by atoms with Crippen LogP contribution >= 0.6 is 22.7 Å². The van der Waals surface area contributed by atoms with Gasteiger partial charge in [-0.05, 0) is 55.3 Å². The summed E-state index contributed by atoms with van der Waals surface area (Å²) in [6, 6.07) is 7.69. The summed E-state index contributed by atoms with van der Waals surface area (Å²) in [6.45, 7) is 7.95. The van der Waals surface area contributed by atoms with Gasteiger partial charge in [0.1, 0.15) is 4.21 Å². The number of rotatable bonds is 4. The maximum atomic E-state index is 13.1. The van der Waals surface area contributed by atoms with Gasteiger partial charge in [0.15, 0.2) is 5.13 Å². The molecule has 2 aromatic heterocycles. The van der Waals surface area contributed by atoms with Gasteiger partial charge < -0.3 is 9.80 Å². The molecule has 176 valence electrons. The highest BCUT2D eigenvalue weighted by molar-refractivity contribution is 7.91. The quantitative estimate of drug-likeness (QED) is 0.541. The third-order valence-electron chi connectivity index (χ3n) is 6.83. The number of benzene rings is 1. The lowest BCUT2D eigenvalue weighted by molar-refractivity contribution is -0.137. The molecule has 2 aliphatic rings. The van der Waals surface area contributed by atoms with E-state index in [0.717, 1.165) is 23.7 Å². The maximum absolute atomic E-state index is 13.1. The van der Waals surface area contributed by atoms with E-state index in [9.17, 15) is 13.2 Å². The minimum Gasteiger partial charge on any atom is -0.345 e. The van der Waals surface area contributed by atoms with Crippen LogP contribution in [0.3, 0.4) is 0 Å². The monoisotopic (exact) mass is 504 g/mol. The molecule has 7 nitrogen and oxygen atoms in total. The lowest BCUT2D eigenvalue weighted by Crippen LogP contribution is -2.52. The van der Waals surface area contributed by atoms with Gasteiger partial charge in [0, 0.05) is 45.2 Å². The molecule has 0 radical (unpaired) electrons. The highest BCUT2D eigenvalue weighted by Crippen LogP contribution is 2.33. The van der Waals surface area contributed by atoms with Gasteiger partial charge in [-0.15, -0.1) is 11.3 Å². The molecule has 0 unspecified atom stereocenters. The number of nitrogens with zero attached hydrogens (tertiary/aromatic N) is 4. The number of amides is 1. The smallest absolute Gasteiger partial charge is 0.252 e. The third kappa shape index (κ3) is 4.29. The number of hydrogen-bond donors (Lipinski definition) is 0. The summed E-state index contributed by atoms with van der Waals surface area (Å²) in [5.74, 6) is 0.0676. The molecular formula is C23H28N4O3S3. The van der Waals surface area contributed by atoms with Crippen molar-refractivity contribution in [2.24, 2.45) is 5.92 Å². The number of thiophene rings is 1. The minimum atomic E-state index is -3.43. The molecule has 0 spiro atoms. The number of aromatic nitrogens is 1. The number of hydrogen-bond acceptors (Lipinski definition) is 7. The van der Waals surface area contributed by atoms with E-state index in [2.05, 4.69) is 30.9 Å². The van der Waals surface area contributed by atoms with E-state index in [1.54, 1.807) is 28.8 Å². The standard InChI is InChI=1S/C23H28N4O3S3/c1-16-5-6-19-21(17(16)2)24-23(32-19)26-13-11-25(12-14-26)22(28)18-7-9-27(10-8-18)33(29,30)20-4-3-15-31-20/h3-6,15,18H,7-14H2,1-2H3. The number of fused-ring (bicyclic) bond motifs is 1. The Morgan fingerprint density at radius 3 is 2.42 bits per heavy atom. The molecule has 5 rings (SSSR count). The zero-order valence-electron chi connectivity index (χ0n) is 18.9. The molecule has 3 aromatic rings. The number of carbonyl (C=O) groups excluding carboxylic acids is 1. The molecule has 2 fully saturated rings. The highest BCUT2D eigenvalue weighted by atomic mass is 32.2. The van der Waals surface area contributed by atoms with E-state index < -0.39 is 10.0 Å². The second-order valence-corrected chi connectivity index (χ2v) is 12.9. The number of piperazine rings is 1. The molecule has 0 saturated carbocycles. The normalized spacial score (nSPS) is 18.8. The number of carbonyl (C=O) groups is 1. The van der Waals surface area contributed by atoms with Crippen LogP contribution in [-0.2, 0) is 14.8 Å². The van der Waals surface area contributed by atoms with Crippen LogP contribution in [0.4, 0.5) is 5.13 Å². The van der Waals surface area contributed by atoms with E-state index in [4.69, 9.17) is 4.98 Å². The lowest BCUT2D eigenvalue weighted by atomic mass is 9.96. The van der Waals surface area contributed by atoms with Crippen LogP contribution in [0.2, 0.25) is 0 Å². The molecule has 4 heterocycles. The summed E-state index contributed by atoms with van der Waals surface area (Å²) in [5, 5.41) is 2.80. The SMILES string of the molecule is Cc1ccc2sc(N3CCN(C(=O)C4CCN(S(=O)(=O)c5cccs5)CC4)CC3)nc2c1C. The van der Waals surface area contributed by atoms with Crippen LogP contribution in [0.1, 0.15) is 24.0 Å². The number of thiazole rings is 1. The second-order valence-electron chi connectivity index (χ2n) is 8.77. The van der Waals surface area contributed by atoms with Crippen LogP contribution in [0.25, 0.3) is 10.2 Å². The first-order valence-corrected chi connectivity index (χ1v) is 14.4. The zero-order valence-corrected chi connectivity index (χ0v) is 21.3. The topological polar surface area (TPSA) is 73.8 Å². The number of piperidine rings is 1. The van der Waals surface area contributed by atoms with Crippen molar-refractivity contribution in [2.45, 2.75) is 30.9 Å². The van der Waals surface area contributed by atoms with Gasteiger partial charge in [0.25, 0.3) is 10.0 Å². The van der Waals surface area contributed by atoms with Crippen molar-refractivity contribution >= 4 is 54.0 Å². The molecule has 0 N–H and O–H groups in total. The van der Waals surface area contributed by atoms with E-state index >= 15 is 0 Å². The van der Waals surface area contributed by atoms with E-state index in [0.29, 0.717) is 43.2 Å². The predicted octanol–water partition coefficient (Wildman–Crippen LogP) is 3.72. The van der Waals surface area contributed by atoms with Gasteiger partial charge >= 0.3 is 0 Å². The lowest BCUT2D eigenvalue weighted by Gasteiger charge is -2.38. The summed E-state index contributed by atoms with van der Waals surface area (Å²) in [7, 11) is -3.43. The molecule has 10 heteroatoms. The van der Waals surface area contributed by atoms with Crippen molar-refractivity contribution in [3.63, 3.8) is 0 Å². The van der Waals surface area contributed by atoms with Crippen LogP contribution in [0, 0.1) is 19.8 Å². The van der Waals surface area contributed by atoms with E-state index in [-0.39, 0.29) is 11.8 Å². The van der Waals surface area contributed by atoms with Gasteiger partial charge in [0.05, 0.1) is 10.2 Å². The highest BCUT2D eigenvalue weighted by Gasteiger charge is 2.35. The summed E-state index contributed by atoms with van der Waals surface area (Å²) in [5.41, 5.74) is 3.57. The Labute approximate surface area is 202 Å². The maximum Gasteiger partial charge on any atom is 0.252 e. The average Bonchev–Trinajstić information content (AvgIpc) is 3.52. The Morgan fingerprint density at radius 1 is 1.03 bits per heavy atom. The molecule has 2 saturated heterocycles. The molecule has 0 aliphatic carbocycles. The van der Waals surface area contributed by atoms with Crippen molar-refractivity contribution in [2.75, 3.05) is 44.2 Å². The van der Waals surface area contributed by atoms with Gasteiger partial charge in [-0.1, -0.05) is 23.5 Å². The minimum absolute atomic E-state index is 0.0978. The van der Waals surface area contributed by atoms with Crippen LogP contribution < -0.4 is 4.90 Å². The van der Waals surface area contributed by atoms with Gasteiger partial charge in [-0.25, -0.2) is 13.4 Å². The van der Waals surface area contributed by atoms with Crippen molar-refractivity contribution < 1.29 is 13.2 Å². The average molecular weight is 505 g/mol. The first-order valence-electron chi connectivity index (χ1n) is 11.3. The Kier molecular flexibility index (Phi) is 6.19. The van der Waals surface area contributed by atoms with Gasteiger partial charge in [-0.2, -0.15) is 4.31 Å². The van der Waals surface area contributed by atoms with Crippen molar-refractivity contribution in [1.29, 1.82) is 0 Å². The fraction of sp³-hybridized carbons (Fsp3) is 0.478. The number of sulfonamides is 1.